The van der Waals surface area contributed by atoms with Gasteiger partial charge in [0, 0.05) is 0 Å². The summed E-state index contributed by atoms with van der Waals surface area (Å²) in [7, 11) is 0. The van der Waals surface area contributed by atoms with Crippen molar-refractivity contribution in [2.45, 2.75) is 30.7 Å². The Bertz CT molecular complexity index is 143. The second-order valence-electron chi connectivity index (χ2n) is 2.66. The van der Waals surface area contributed by atoms with E-state index in [1.54, 1.807) is 0 Å². The zero-order chi connectivity index (χ0) is 9.14. The van der Waals surface area contributed by atoms with Crippen LogP contribution < -0.4 is 0 Å². The van der Waals surface area contributed by atoms with Crippen molar-refractivity contribution in [3.05, 3.63) is 0 Å². The first-order chi connectivity index (χ1) is 5.70. The number of aliphatic hydroxyl groups excluding tert-OH is 3. The normalized spacial score (nSPS) is 42.0. The van der Waals surface area contributed by atoms with Crippen molar-refractivity contribution in [1.29, 1.82) is 0 Å². The standard InChI is InChI=1S/C7H14O4S/c1-2-12-7-6(10)5(9)4(3-8)11-7/h4-10H,2-3H2,1H3/t4-,5-,6+,7-/m1/s1. The van der Waals surface area contributed by atoms with Crippen molar-refractivity contribution in [3.63, 3.8) is 0 Å². The molecule has 0 aliphatic carbocycles. The SMILES string of the molecule is CCS[C@H]1O[C@H](CO)[C@@H](O)[C@@H]1O. The third kappa shape index (κ3) is 1.92. The summed E-state index contributed by atoms with van der Waals surface area (Å²) in [5.41, 5.74) is -0.401. The topological polar surface area (TPSA) is 69.9 Å². The lowest BCUT2D eigenvalue weighted by molar-refractivity contribution is -0.00807. The lowest BCUT2D eigenvalue weighted by atomic mass is 10.2. The molecule has 4 nitrogen and oxygen atoms in total. The summed E-state index contributed by atoms with van der Waals surface area (Å²) in [6.45, 7) is 1.69. The average Bonchev–Trinajstić information content (AvgIpc) is 2.33. The molecular formula is C7H14O4S. The molecule has 1 rings (SSSR count). The van der Waals surface area contributed by atoms with Crippen molar-refractivity contribution < 1.29 is 20.1 Å². The second kappa shape index (κ2) is 4.43. The van der Waals surface area contributed by atoms with Gasteiger partial charge in [0.15, 0.2) is 0 Å². The Hall–Kier alpha value is 0.190. The molecule has 12 heavy (non-hydrogen) atoms. The van der Waals surface area contributed by atoms with Gasteiger partial charge in [-0.25, -0.2) is 0 Å². The van der Waals surface area contributed by atoms with Gasteiger partial charge in [0.2, 0.25) is 0 Å². The van der Waals surface area contributed by atoms with Gasteiger partial charge in [-0.1, -0.05) is 6.92 Å². The number of aliphatic hydroxyl groups is 3. The maximum absolute atomic E-state index is 9.38. The van der Waals surface area contributed by atoms with Crippen LogP contribution in [0.15, 0.2) is 0 Å². The largest absolute Gasteiger partial charge is 0.394 e. The van der Waals surface area contributed by atoms with Crippen LogP contribution in [0.2, 0.25) is 0 Å². The average molecular weight is 194 g/mol. The Labute approximate surface area is 75.5 Å². The fourth-order valence-electron chi connectivity index (χ4n) is 1.17. The zero-order valence-electron chi connectivity index (χ0n) is 6.88. The number of ether oxygens (including phenoxy) is 1. The molecule has 1 fully saturated rings. The van der Waals surface area contributed by atoms with E-state index >= 15 is 0 Å². The van der Waals surface area contributed by atoms with Gasteiger partial charge in [-0.2, -0.15) is 0 Å². The number of rotatable bonds is 3. The minimum absolute atomic E-state index is 0.251. The Morgan fingerprint density at radius 3 is 2.42 bits per heavy atom. The molecule has 1 saturated heterocycles. The van der Waals surface area contributed by atoms with Gasteiger partial charge in [-0.3, -0.25) is 0 Å². The quantitative estimate of drug-likeness (QED) is 0.547. The molecule has 0 spiro atoms. The van der Waals surface area contributed by atoms with Gasteiger partial charge in [0.25, 0.3) is 0 Å². The molecule has 0 saturated carbocycles. The van der Waals surface area contributed by atoms with Gasteiger partial charge in [0.05, 0.1) is 6.61 Å². The Morgan fingerprint density at radius 2 is 2.00 bits per heavy atom. The van der Waals surface area contributed by atoms with E-state index < -0.39 is 23.7 Å². The molecule has 0 unspecified atom stereocenters. The van der Waals surface area contributed by atoms with E-state index in [4.69, 9.17) is 9.84 Å². The summed E-state index contributed by atoms with van der Waals surface area (Å²) < 4.78 is 5.19. The van der Waals surface area contributed by atoms with Gasteiger partial charge in [-0.05, 0) is 5.75 Å². The molecular weight excluding hydrogens is 180 g/mol. The molecule has 0 aromatic carbocycles. The zero-order valence-corrected chi connectivity index (χ0v) is 7.70. The summed E-state index contributed by atoms with van der Waals surface area (Å²) in [5, 5.41) is 27.4. The van der Waals surface area contributed by atoms with Gasteiger partial charge < -0.3 is 20.1 Å². The van der Waals surface area contributed by atoms with E-state index in [1.807, 2.05) is 6.92 Å². The van der Waals surface area contributed by atoms with Crippen LogP contribution in [-0.2, 0) is 4.74 Å². The fourth-order valence-corrected chi connectivity index (χ4v) is 2.08. The minimum Gasteiger partial charge on any atom is -0.394 e. The highest BCUT2D eigenvalue weighted by molar-refractivity contribution is 7.99. The van der Waals surface area contributed by atoms with Crippen LogP contribution in [0.5, 0.6) is 0 Å². The molecule has 1 heterocycles. The van der Waals surface area contributed by atoms with Crippen LogP contribution >= 0.6 is 11.8 Å². The summed E-state index contributed by atoms with van der Waals surface area (Å²) in [6, 6.07) is 0. The van der Waals surface area contributed by atoms with Crippen molar-refractivity contribution in [3.8, 4) is 0 Å². The molecule has 1 aliphatic rings. The lowest BCUT2D eigenvalue weighted by Crippen LogP contribution is -2.33. The summed E-state index contributed by atoms with van der Waals surface area (Å²) in [6.07, 6.45) is -2.48. The van der Waals surface area contributed by atoms with E-state index in [0.717, 1.165) is 5.75 Å². The molecule has 3 N–H and O–H groups in total. The minimum atomic E-state index is -0.959. The molecule has 0 aromatic rings. The predicted molar refractivity (Wildman–Crippen MR) is 45.9 cm³/mol. The second-order valence-corrected chi connectivity index (χ2v) is 4.04. The van der Waals surface area contributed by atoms with Crippen LogP contribution in [0.1, 0.15) is 6.92 Å². The van der Waals surface area contributed by atoms with E-state index in [9.17, 15) is 10.2 Å². The molecule has 72 valence electrons. The third-order valence-corrected chi connectivity index (χ3v) is 2.88. The first-order valence-corrected chi connectivity index (χ1v) is 4.99. The Balaban J connectivity index is 2.48. The fraction of sp³-hybridized carbons (Fsp3) is 1.00. The third-order valence-electron chi connectivity index (χ3n) is 1.83. The smallest absolute Gasteiger partial charge is 0.132 e. The molecule has 0 bridgehead atoms. The first kappa shape index (κ1) is 10.3. The van der Waals surface area contributed by atoms with Crippen molar-refractivity contribution in [2.24, 2.45) is 0 Å². The highest BCUT2D eigenvalue weighted by atomic mass is 32.2. The number of hydrogen-bond acceptors (Lipinski definition) is 5. The lowest BCUT2D eigenvalue weighted by Gasteiger charge is -2.12. The van der Waals surface area contributed by atoms with E-state index in [1.165, 1.54) is 11.8 Å². The van der Waals surface area contributed by atoms with Crippen LogP contribution in [0.4, 0.5) is 0 Å². The predicted octanol–water partition coefficient (Wildman–Crippen LogP) is -0.822. The highest BCUT2D eigenvalue weighted by Crippen LogP contribution is 2.28. The van der Waals surface area contributed by atoms with Crippen LogP contribution in [0.3, 0.4) is 0 Å². The maximum Gasteiger partial charge on any atom is 0.132 e. The van der Waals surface area contributed by atoms with Crippen molar-refractivity contribution >= 4 is 11.8 Å². The van der Waals surface area contributed by atoms with Crippen LogP contribution in [0.25, 0.3) is 0 Å². The highest BCUT2D eigenvalue weighted by Gasteiger charge is 2.41. The molecule has 5 heteroatoms. The monoisotopic (exact) mass is 194 g/mol. The molecule has 0 radical (unpaired) electrons. The number of thioether (sulfide) groups is 1. The molecule has 1 aliphatic heterocycles. The number of hydrogen-bond donors (Lipinski definition) is 3. The van der Waals surface area contributed by atoms with Crippen molar-refractivity contribution in [2.75, 3.05) is 12.4 Å². The van der Waals surface area contributed by atoms with Crippen molar-refractivity contribution in [1.82, 2.24) is 0 Å². The van der Waals surface area contributed by atoms with E-state index in [2.05, 4.69) is 0 Å². The van der Waals surface area contributed by atoms with Gasteiger partial charge >= 0.3 is 0 Å². The molecule has 4 atom stereocenters. The molecule has 0 aromatic heterocycles. The van der Waals surface area contributed by atoms with E-state index in [-0.39, 0.29) is 6.61 Å². The summed E-state index contributed by atoms with van der Waals surface area (Å²) >= 11 is 1.43. The summed E-state index contributed by atoms with van der Waals surface area (Å²) in [4.78, 5) is 0. The Kier molecular flexibility index (Phi) is 3.79. The van der Waals surface area contributed by atoms with Gasteiger partial charge in [-0.15, -0.1) is 11.8 Å². The summed E-state index contributed by atoms with van der Waals surface area (Å²) in [5.74, 6) is 0.812. The first-order valence-electron chi connectivity index (χ1n) is 3.94. The molecule has 0 amide bonds. The van der Waals surface area contributed by atoms with Crippen LogP contribution in [-0.4, -0.2) is 51.4 Å². The van der Waals surface area contributed by atoms with E-state index in [0.29, 0.717) is 0 Å². The maximum atomic E-state index is 9.38. The van der Waals surface area contributed by atoms with Crippen LogP contribution in [0, 0.1) is 0 Å². The Morgan fingerprint density at radius 1 is 1.33 bits per heavy atom. The van der Waals surface area contributed by atoms with Gasteiger partial charge in [0.1, 0.15) is 23.7 Å².